The summed E-state index contributed by atoms with van der Waals surface area (Å²) in [6.45, 7) is 8.61. The number of halogens is 1. The van der Waals surface area contributed by atoms with Crippen LogP contribution in [0.1, 0.15) is 27.2 Å². The molecule has 1 aliphatic heterocycles. The second-order valence-electron chi connectivity index (χ2n) is 6.37. The Hall–Kier alpha value is -0.660. The van der Waals surface area contributed by atoms with Crippen molar-refractivity contribution < 1.29 is 17.9 Å². The monoisotopic (exact) mass is 519 g/mol. The lowest BCUT2D eigenvalue weighted by Gasteiger charge is -2.35. The minimum Gasteiger partial charge on any atom is -0.378 e. The quantitative estimate of drug-likeness (QED) is 0.254. The smallest absolute Gasteiger partial charge is 0.239 e. The van der Waals surface area contributed by atoms with E-state index in [4.69, 9.17) is 4.74 Å². The van der Waals surface area contributed by atoms with Crippen LogP contribution in [0.15, 0.2) is 4.99 Å². The molecule has 0 aromatic rings. The molecule has 27 heavy (non-hydrogen) atoms. The molecule has 0 saturated carbocycles. The summed E-state index contributed by atoms with van der Waals surface area (Å²) in [5, 5.41) is 5.82. The van der Waals surface area contributed by atoms with E-state index < -0.39 is 10.0 Å². The Kier molecular flexibility index (Phi) is 13.2. The molecule has 2 N–H and O–H groups in total. The summed E-state index contributed by atoms with van der Waals surface area (Å²) in [6.07, 6.45) is 0.907. The normalized spacial score (nSPS) is 16.2. The summed E-state index contributed by atoms with van der Waals surface area (Å²) in [7, 11) is -1.66. The highest BCUT2D eigenvalue weighted by molar-refractivity contribution is 14.0. The molecule has 1 amide bonds. The number of ether oxygens (including phenoxy) is 1. The van der Waals surface area contributed by atoms with E-state index in [1.54, 1.807) is 7.05 Å². The van der Waals surface area contributed by atoms with E-state index in [0.29, 0.717) is 38.7 Å². The van der Waals surface area contributed by atoms with Gasteiger partial charge in [-0.25, -0.2) is 8.42 Å². The summed E-state index contributed by atoms with van der Waals surface area (Å²) >= 11 is 0. The van der Waals surface area contributed by atoms with Crippen LogP contribution in [0.2, 0.25) is 0 Å². The molecule has 9 nitrogen and oxygen atoms in total. The first-order chi connectivity index (χ1) is 12.3. The van der Waals surface area contributed by atoms with Crippen molar-refractivity contribution in [3.05, 3.63) is 0 Å². The van der Waals surface area contributed by atoms with Gasteiger partial charge in [-0.05, 0) is 20.3 Å². The summed E-state index contributed by atoms with van der Waals surface area (Å²) < 4.78 is 31.6. The zero-order valence-corrected chi connectivity index (χ0v) is 19.9. The third-order valence-electron chi connectivity index (χ3n) is 3.92. The highest BCUT2D eigenvalue weighted by Gasteiger charge is 2.28. The Morgan fingerprint density at radius 3 is 2.33 bits per heavy atom. The molecule has 1 aliphatic rings. The number of carbonyl (C=O) groups is 1. The number of aliphatic imine (C=N–C) groups is 1. The van der Waals surface area contributed by atoms with Gasteiger partial charge in [-0.2, -0.15) is 4.31 Å². The summed E-state index contributed by atoms with van der Waals surface area (Å²) in [5.41, 5.74) is 0. The zero-order valence-electron chi connectivity index (χ0n) is 16.7. The highest BCUT2D eigenvalue weighted by atomic mass is 127. The third kappa shape index (κ3) is 9.90. The molecule has 11 heteroatoms. The van der Waals surface area contributed by atoms with Crippen LogP contribution in [0.5, 0.6) is 0 Å². The van der Waals surface area contributed by atoms with Crippen molar-refractivity contribution in [2.24, 2.45) is 4.99 Å². The molecule has 1 fully saturated rings. The van der Waals surface area contributed by atoms with E-state index in [9.17, 15) is 13.2 Å². The Balaban J connectivity index is 0.00000676. The molecule has 0 unspecified atom stereocenters. The summed E-state index contributed by atoms with van der Waals surface area (Å²) in [5.74, 6) is 0.520. The minimum atomic E-state index is -3.31. The fraction of sp³-hybridized carbons (Fsp3) is 0.875. The van der Waals surface area contributed by atoms with Gasteiger partial charge in [-0.1, -0.05) is 6.92 Å². The van der Waals surface area contributed by atoms with Crippen LogP contribution < -0.4 is 10.6 Å². The maximum atomic E-state index is 12.4. The SMILES string of the molecule is CCCNC(=O)CNC(=NC)N1CCN(S(=O)(=O)CCOC(C)C)CC1.I. The number of nitrogens with zero attached hydrogens (tertiary/aromatic N) is 3. The predicted molar refractivity (Wildman–Crippen MR) is 118 cm³/mol. The molecule has 0 aromatic heterocycles. The lowest BCUT2D eigenvalue weighted by molar-refractivity contribution is -0.120. The first-order valence-corrected chi connectivity index (χ1v) is 10.7. The number of sulfonamides is 1. The van der Waals surface area contributed by atoms with E-state index in [0.717, 1.165) is 6.42 Å². The number of amides is 1. The lowest BCUT2D eigenvalue weighted by Crippen LogP contribution is -2.55. The van der Waals surface area contributed by atoms with Crippen LogP contribution in [0, 0.1) is 0 Å². The molecule has 0 bridgehead atoms. The molecular formula is C16H34IN5O4S. The first-order valence-electron chi connectivity index (χ1n) is 9.11. The van der Waals surface area contributed by atoms with E-state index in [-0.39, 0.29) is 54.9 Å². The van der Waals surface area contributed by atoms with Crippen LogP contribution in [-0.2, 0) is 19.6 Å². The number of carbonyl (C=O) groups excluding carboxylic acids is 1. The number of guanidine groups is 1. The van der Waals surface area contributed by atoms with Crippen LogP contribution in [0.25, 0.3) is 0 Å². The van der Waals surface area contributed by atoms with Gasteiger partial charge in [0.2, 0.25) is 15.9 Å². The van der Waals surface area contributed by atoms with Crippen molar-refractivity contribution in [1.82, 2.24) is 19.8 Å². The largest absolute Gasteiger partial charge is 0.378 e. The van der Waals surface area contributed by atoms with Crippen LogP contribution in [0.3, 0.4) is 0 Å². The van der Waals surface area contributed by atoms with Gasteiger partial charge in [0.05, 0.1) is 25.0 Å². The number of nitrogens with one attached hydrogen (secondary N) is 2. The van der Waals surface area contributed by atoms with E-state index in [1.807, 2.05) is 25.7 Å². The predicted octanol–water partition coefficient (Wildman–Crippen LogP) is 0.0784. The standard InChI is InChI=1S/C16H33N5O4S.HI/c1-5-6-18-15(22)13-19-16(17-4)20-7-9-21(10-8-20)26(23,24)12-11-25-14(2)3;/h14H,5-13H2,1-4H3,(H,17,19)(H,18,22);1H. The van der Waals surface area contributed by atoms with Crippen molar-refractivity contribution >= 4 is 45.9 Å². The van der Waals surface area contributed by atoms with Crippen molar-refractivity contribution in [3.8, 4) is 0 Å². The Morgan fingerprint density at radius 2 is 1.81 bits per heavy atom. The van der Waals surface area contributed by atoms with E-state index in [1.165, 1.54) is 4.31 Å². The average molecular weight is 519 g/mol. The van der Waals surface area contributed by atoms with Crippen molar-refractivity contribution in [2.75, 3.05) is 58.7 Å². The number of hydrogen-bond donors (Lipinski definition) is 2. The second kappa shape index (κ2) is 13.5. The zero-order chi connectivity index (χ0) is 19.6. The average Bonchev–Trinajstić information content (AvgIpc) is 2.60. The number of rotatable bonds is 9. The van der Waals surface area contributed by atoms with Gasteiger partial charge < -0.3 is 20.3 Å². The molecule has 1 saturated heterocycles. The minimum absolute atomic E-state index is 0. The molecule has 0 radical (unpaired) electrons. The van der Waals surface area contributed by atoms with E-state index in [2.05, 4.69) is 15.6 Å². The van der Waals surface area contributed by atoms with Crippen LogP contribution in [-0.4, -0.2) is 94.3 Å². The third-order valence-corrected chi connectivity index (χ3v) is 5.75. The van der Waals surface area contributed by atoms with Crippen molar-refractivity contribution in [3.63, 3.8) is 0 Å². The Labute approximate surface area is 180 Å². The van der Waals surface area contributed by atoms with Crippen LogP contribution >= 0.6 is 24.0 Å². The molecular weight excluding hydrogens is 485 g/mol. The van der Waals surface area contributed by atoms with Crippen LogP contribution in [0.4, 0.5) is 0 Å². The fourth-order valence-electron chi connectivity index (χ4n) is 2.51. The fourth-order valence-corrected chi connectivity index (χ4v) is 3.80. The molecule has 160 valence electrons. The van der Waals surface area contributed by atoms with Gasteiger partial charge in [-0.15, -0.1) is 24.0 Å². The maximum Gasteiger partial charge on any atom is 0.239 e. The van der Waals surface area contributed by atoms with Gasteiger partial charge in [0.15, 0.2) is 5.96 Å². The van der Waals surface area contributed by atoms with Gasteiger partial charge in [0.25, 0.3) is 0 Å². The molecule has 1 rings (SSSR count). The molecule has 1 heterocycles. The number of hydrogen-bond acceptors (Lipinski definition) is 5. The van der Waals surface area contributed by atoms with Gasteiger partial charge >= 0.3 is 0 Å². The lowest BCUT2D eigenvalue weighted by atomic mass is 10.4. The number of piperazine rings is 1. The topological polar surface area (TPSA) is 103 Å². The Morgan fingerprint density at radius 1 is 1.19 bits per heavy atom. The molecule has 0 atom stereocenters. The van der Waals surface area contributed by atoms with Gasteiger partial charge in [0, 0.05) is 39.8 Å². The van der Waals surface area contributed by atoms with Crippen molar-refractivity contribution in [1.29, 1.82) is 0 Å². The van der Waals surface area contributed by atoms with Crippen molar-refractivity contribution in [2.45, 2.75) is 33.3 Å². The van der Waals surface area contributed by atoms with Gasteiger partial charge in [-0.3, -0.25) is 9.79 Å². The molecule has 0 spiro atoms. The summed E-state index contributed by atoms with van der Waals surface area (Å²) in [4.78, 5) is 17.8. The highest BCUT2D eigenvalue weighted by Crippen LogP contribution is 2.09. The summed E-state index contributed by atoms with van der Waals surface area (Å²) in [6, 6.07) is 0. The van der Waals surface area contributed by atoms with Gasteiger partial charge in [0.1, 0.15) is 0 Å². The Bertz CT molecular complexity index is 563. The molecule has 0 aromatic carbocycles. The van der Waals surface area contributed by atoms with E-state index >= 15 is 0 Å². The first kappa shape index (κ1) is 26.3. The molecule has 0 aliphatic carbocycles. The maximum absolute atomic E-state index is 12.4. The second-order valence-corrected chi connectivity index (χ2v) is 8.46.